The molecule has 5 heteroatoms. The Bertz CT molecular complexity index is 357. The molecule has 0 radical (unpaired) electrons. The molecule has 1 aliphatic heterocycles. The van der Waals surface area contributed by atoms with Crippen LogP contribution in [-0.4, -0.2) is 52.1 Å². The van der Waals surface area contributed by atoms with Gasteiger partial charge in [-0.15, -0.1) is 6.58 Å². The molecule has 108 valence electrons. The summed E-state index contributed by atoms with van der Waals surface area (Å²) in [6, 6.07) is -0.177. The van der Waals surface area contributed by atoms with Gasteiger partial charge >= 0.3 is 12.0 Å². The number of rotatable bonds is 6. The van der Waals surface area contributed by atoms with Crippen molar-refractivity contribution in [2.75, 3.05) is 19.6 Å². The van der Waals surface area contributed by atoms with Gasteiger partial charge in [-0.3, -0.25) is 0 Å². The molecule has 0 spiro atoms. The number of carbonyl (C=O) groups excluding carboxylic acids is 1. The fourth-order valence-corrected chi connectivity index (χ4v) is 2.76. The number of carboxylic acids is 1. The van der Waals surface area contributed by atoms with Crippen molar-refractivity contribution in [3.05, 3.63) is 12.7 Å². The Morgan fingerprint density at radius 2 is 2.16 bits per heavy atom. The van der Waals surface area contributed by atoms with Gasteiger partial charge in [-0.1, -0.05) is 19.9 Å². The van der Waals surface area contributed by atoms with Crippen LogP contribution in [0.1, 0.15) is 39.5 Å². The Balaban J connectivity index is 2.95. The van der Waals surface area contributed by atoms with Crippen LogP contribution >= 0.6 is 0 Å². The molecule has 0 aromatic heterocycles. The van der Waals surface area contributed by atoms with Gasteiger partial charge in [-0.05, 0) is 25.7 Å². The van der Waals surface area contributed by atoms with Gasteiger partial charge in [0.25, 0.3) is 0 Å². The molecular weight excluding hydrogens is 244 g/mol. The fourth-order valence-electron chi connectivity index (χ4n) is 2.76. The molecule has 0 aliphatic carbocycles. The van der Waals surface area contributed by atoms with E-state index in [2.05, 4.69) is 6.58 Å². The summed E-state index contributed by atoms with van der Waals surface area (Å²) in [5, 5.41) is 9.49. The predicted molar refractivity (Wildman–Crippen MR) is 74.1 cm³/mol. The molecule has 19 heavy (non-hydrogen) atoms. The van der Waals surface area contributed by atoms with Gasteiger partial charge in [0.1, 0.15) is 5.54 Å². The summed E-state index contributed by atoms with van der Waals surface area (Å²) in [6.07, 6.45) is 4.26. The lowest BCUT2D eigenvalue weighted by atomic mass is 9.93. The van der Waals surface area contributed by atoms with Crippen molar-refractivity contribution in [3.63, 3.8) is 0 Å². The summed E-state index contributed by atoms with van der Waals surface area (Å²) < 4.78 is 0. The number of amides is 2. The molecule has 1 heterocycles. The lowest BCUT2D eigenvalue weighted by Gasteiger charge is -2.37. The van der Waals surface area contributed by atoms with Crippen LogP contribution < -0.4 is 0 Å². The first-order valence-electron chi connectivity index (χ1n) is 6.94. The first-order valence-corrected chi connectivity index (χ1v) is 6.94. The molecule has 0 aromatic rings. The highest BCUT2D eigenvalue weighted by Crippen LogP contribution is 2.33. The number of carboxylic acid groups (broad SMARTS) is 1. The molecule has 2 amide bonds. The molecule has 1 N–H and O–H groups in total. The van der Waals surface area contributed by atoms with Gasteiger partial charge in [-0.25, -0.2) is 9.59 Å². The SMILES string of the molecule is C=CCN(CCC)C(=O)N1CCCC1(CC)C(=O)O. The summed E-state index contributed by atoms with van der Waals surface area (Å²) in [4.78, 5) is 27.3. The van der Waals surface area contributed by atoms with Gasteiger partial charge in [0.05, 0.1) is 0 Å². The molecule has 0 saturated carbocycles. The molecule has 1 aliphatic rings. The second kappa shape index (κ2) is 6.59. The van der Waals surface area contributed by atoms with Crippen molar-refractivity contribution in [1.29, 1.82) is 0 Å². The third kappa shape index (κ3) is 2.91. The van der Waals surface area contributed by atoms with Gasteiger partial charge in [0.2, 0.25) is 0 Å². The average Bonchev–Trinajstić information content (AvgIpc) is 2.82. The zero-order valence-corrected chi connectivity index (χ0v) is 11.9. The molecule has 1 atom stereocenters. The molecule has 1 saturated heterocycles. The van der Waals surface area contributed by atoms with Crippen LogP contribution in [0.5, 0.6) is 0 Å². The standard InChI is InChI=1S/C14H24N2O3/c1-4-9-15(10-5-2)13(19)16-11-7-8-14(16,6-3)12(17)18/h4H,1,5-11H2,2-3H3,(H,17,18). The van der Waals surface area contributed by atoms with E-state index in [-0.39, 0.29) is 6.03 Å². The van der Waals surface area contributed by atoms with E-state index in [1.165, 1.54) is 4.90 Å². The quantitative estimate of drug-likeness (QED) is 0.752. The maximum Gasteiger partial charge on any atom is 0.329 e. The number of hydrogen-bond donors (Lipinski definition) is 1. The molecule has 1 fully saturated rings. The lowest BCUT2D eigenvalue weighted by molar-refractivity contribution is -0.148. The maximum absolute atomic E-state index is 12.5. The summed E-state index contributed by atoms with van der Waals surface area (Å²) >= 11 is 0. The smallest absolute Gasteiger partial charge is 0.329 e. The Labute approximate surface area is 114 Å². The zero-order chi connectivity index (χ0) is 14.5. The van der Waals surface area contributed by atoms with E-state index in [1.54, 1.807) is 11.0 Å². The number of nitrogens with zero attached hydrogens (tertiary/aromatic N) is 2. The van der Waals surface area contributed by atoms with Gasteiger partial charge < -0.3 is 14.9 Å². The van der Waals surface area contributed by atoms with E-state index in [1.807, 2.05) is 13.8 Å². The summed E-state index contributed by atoms with van der Waals surface area (Å²) in [5.74, 6) is -0.893. The highest BCUT2D eigenvalue weighted by Gasteiger charge is 2.49. The minimum Gasteiger partial charge on any atom is -0.479 e. The van der Waals surface area contributed by atoms with Crippen LogP contribution in [0.25, 0.3) is 0 Å². The summed E-state index contributed by atoms with van der Waals surface area (Å²) in [6.45, 7) is 9.09. The monoisotopic (exact) mass is 268 g/mol. The van der Waals surface area contributed by atoms with Gasteiger partial charge in [0.15, 0.2) is 0 Å². The first kappa shape index (κ1) is 15.5. The van der Waals surface area contributed by atoms with E-state index in [0.717, 1.165) is 12.8 Å². The van der Waals surface area contributed by atoms with Crippen molar-refractivity contribution in [2.45, 2.75) is 45.1 Å². The van der Waals surface area contributed by atoms with Gasteiger partial charge in [-0.2, -0.15) is 0 Å². The van der Waals surface area contributed by atoms with Crippen LogP contribution in [-0.2, 0) is 4.79 Å². The van der Waals surface area contributed by atoms with E-state index < -0.39 is 11.5 Å². The molecule has 5 nitrogen and oxygen atoms in total. The van der Waals surface area contributed by atoms with Crippen LogP contribution in [0.3, 0.4) is 0 Å². The van der Waals surface area contributed by atoms with E-state index >= 15 is 0 Å². The normalized spacial score (nSPS) is 22.3. The van der Waals surface area contributed by atoms with Crippen molar-refractivity contribution >= 4 is 12.0 Å². The predicted octanol–water partition coefficient (Wildman–Crippen LogP) is 2.33. The number of urea groups is 1. The lowest BCUT2D eigenvalue weighted by Crippen LogP contribution is -2.56. The largest absolute Gasteiger partial charge is 0.479 e. The van der Waals surface area contributed by atoms with Crippen molar-refractivity contribution in [3.8, 4) is 0 Å². The topological polar surface area (TPSA) is 60.9 Å². The Kier molecular flexibility index (Phi) is 5.39. The van der Waals surface area contributed by atoms with E-state index in [0.29, 0.717) is 32.5 Å². The van der Waals surface area contributed by atoms with Crippen LogP contribution in [0, 0.1) is 0 Å². The van der Waals surface area contributed by atoms with Gasteiger partial charge in [0, 0.05) is 19.6 Å². The van der Waals surface area contributed by atoms with E-state index in [9.17, 15) is 14.7 Å². The summed E-state index contributed by atoms with van der Waals surface area (Å²) in [7, 11) is 0. The third-order valence-corrected chi connectivity index (χ3v) is 3.82. The minimum atomic E-state index is -1.02. The maximum atomic E-state index is 12.5. The number of carbonyl (C=O) groups is 2. The molecule has 1 rings (SSSR count). The first-order chi connectivity index (χ1) is 9.03. The number of aliphatic carboxylic acids is 1. The van der Waals surface area contributed by atoms with Crippen LogP contribution in [0.2, 0.25) is 0 Å². The van der Waals surface area contributed by atoms with Crippen LogP contribution in [0.15, 0.2) is 12.7 Å². The number of likely N-dealkylation sites (tertiary alicyclic amines) is 1. The van der Waals surface area contributed by atoms with Crippen molar-refractivity contribution in [1.82, 2.24) is 9.80 Å². The second-order valence-electron chi connectivity index (χ2n) is 4.96. The molecular formula is C14H24N2O3. The highest BCUT2D eigenvalue weighted by molar-refractivity contribution is 5.87. The Morgan fingerprint density at radius 3 is 2.63 bits per heavy atom. The third-order valence-electron chi connectivity index (χ3n) is 3.82. The second-order valence-corrected chi connectivity index (χ2v) is 4.96. The van der Waals surface area contributed by atoms with Crippen molar-refractivity contribution < 1.29 is 14.7 Å². The molecule has 1 unspecified atom stereocenters. The minimum absolute atomic E-state index is 0.177. The van der Waals surface area contributed by atoms with Crippen LogP contribution in [0.4, 0.5) is 4.79 Å². The van der Waals surface area contributed by atoms with E-state index in [4.69, 9.17) is 0 Å². The molecule has 0 aromatic carbocycles. The average molecular weight is 268 g/mol. The number of hydrogen-bond acceptors (Lipinski definition) is 2. The highest BCUT2D eigenvalue weighted by atomic mass is 16.4. The Hall–Kier alpha value is -1.52. The zero-order valence-electron chi connectivity index (χ0n) is 11.9. The molecule has 0 bridgehead atoms. The fraction of sp³-hybridized carbons (Fsp3) is 0.714. The van der Waals surface area contributed by atoms with Crippen molar-refractivity contribution in [2.24, 2.45) is 0 Å². The Morgan fingerprint density at radius 1 is 1.47 bits per heavy atom. The summed E-state index contributed by atoms with van der Waals surface area (Å²) in [5.41, 5.74) is -1.02.